The fourth-order valence-electron chi connectivity index (χ4n) is 5.26. The molecule has 2 fully saturated rings. The van der Waals surface area contributed by atoms with Crippen molar-refractivity contribution in [2.24, 2.45) is 0 Å². The van der Waals surface area contributed by atoms with Crippen LogP contribution in [0, 0.1) is 0 Å². The number of likely N-dealkylation sites (tertiary alicyclic amines) is 1. The molecule has 40 heavy (non-hydrogen) atoms. The molecule has 1 N–H and O–H groups in total. The fourth-order valence-corrected chi connectivity index (χ4v) is 5.39. The van der Waals surface area contributed by atoms with Gasteiger partial charge < -0.3 is 29.5 Å². The lowest BCUT2D eigenvalue weighted by atomic mass is 9.85. The summed E-state index contributed by atoms with van der Waals surface area (Å²) in [5.74, 6) is 0.726. The minimum Gasteiger partial charge on any atom is -0.497 e. The minimum atomic E-state index is -0.838. The Morgan fingerprint density at radius 1 is 0.925 bits per heavy atom. The monoisotopic (exact) mass is 562 g/mol. The molecule has 208 valence electrons. The van der Waals surface area contributed by atoms with Crippen LogP contribution < -0.4 is 19.7 Å². The van der Waals surface area contributed by atoms with Crippen molar-refractivity contribution >= 4 is 40.7 Å². The molecule has 0 aromatic heterocycles. The summed E-state index contributed by atoms with van der Waals surface area (Å²) in [6.07, 6.45) is 0.897. The maximum absolute atomic E-state index is 13.9. The molecule has 1 spiro atoms. The van der Waals surface area contributed by atoms with Crippen LogP contribution in [0.3, 0.4) is 0 Å². The molecule has 0 bridgehead atoms. The number of para-hydroxylation sites is 1. The van der Waals surface area contributed by atoms with Crippen molar-refractivity contribution in [1.82, 2.24) is 9.80 Å². The molecule has 3 aromatic carbocycles. The van der Waals surface area contributed by atoms with E-state index in [0.717, 1.165) is 5.69 Å². The molecule has 3 aromatic rings. The van der Waals surface area contributed by atoms with Crippen molar-refractivity contribution in [3.63, 3.8) is 0 Å². The summed E-state index contributed by atoms with van der Waals surface area (Å²) in [7, 11) is 1.58. The van der Waals surface area contributed by atoms with E-state index in [1.54, 1.807) is 65.4 Å². The number of methoxy groups -OCH3 is 1. The van der Waals surface area contributed by atoms with Crippen LogP contribution in [0.4, 0.5) is 11.4 Å². The van der Waals surface area contributed by atoms with Crippen molar-refractivity contribution in [2.75, 3.05) is 50.2 Å². The number of ether oxygens (including phenoxy) is 2. The second kappa shape index (κ2) is 11.9. The van der Waals surface area contributed by atoms with Gasteiger partial charge in [0.05, 0.1) is 13.8 Å². The lowest BCUT2D eigenvalue weighted by molar-refractivity contribution is -0.140. The van der Waals surface area contributed by atoms with Crippen molar-refractivity contribution in [3.05, 3.63) is 83.9 Å². The van der Waals surface area contributed by atoms with Gasteiger partial charge >= 0.3 is 0 Å². The van der Waals surface area contributed by atoms with E-state index in [4.69, 9.17) is 21.1 Å². The lowest BCUT2D eigenvalue weighted by Gasteiger charge is -2.43. The number of anilines is 2. The number of halogens is 1. The normalized spacial score (nSPS) is 16.2. The van der Waals surface area contributed by atoms with Crippen molar-refractivity contribution < 1.29 is 23.9 Å². The van der Waals surface area contributed by atoms with Crippen LogP contribution >= 0.6 is 11.6 Å². The van der Waals surface area contributed by atoms with E-state index in [9.17, 15) is 14.4 Å². The largest absolute Gasteiger partial charge is 0.497 e. The molecule has 2 aliphatic rings. The Kier molecular flexibility index (Phi) is 8.11. The summed E-state index contributed by atoms with van der Waals surface area (Å²) in [5.41, 5.74) is 0.690. The Morgan fingerprint density at radius 2 is 1.57 bits per heavy atom. The molecule has 0 atom stereocenters. The van der Waals surface area contributed by atoms with Gasteiger partial charge in [-0.15, -0.1) is 0 Å². The highest BCUT2D eigenvalue weighted by molar-refractivity contribution is 6.30. The summed E-state index contributed by atoms with van der Waals surface area (Å²) in [5, 5.41) is 3.45. The number of hydrogen-bond acceptors (Lipinski definition) is 6. The van der Waals surface area contributed by atoms with E-state index in [1.165, 1.54) is 0 Å². The molecular formula is C30H31ClN4O5. The molecule has 0 radical (unpaired) electrons. The average Bonchev–Trinajstić information content (AvgIpc) is 3.24. The van der Waals surface area contributed by atoms with E-state index in [0.29, 0.717) is 48.1 Å². The van der Waals surface area contributed by atoms with Crippen molar-refractivity contribution in [2.45, 2.75) is 18.4 Å². The van der Waals surface area contributed by atoms with Crippen LogP contribution in [-0.2, 0) is 14.4 Å². The molecule has 0 aliphatic carbocycles. The number of hydrogen-bond donors (Lipinski definition) is 1. The Labute approximate surface area is 238 Å². The third-order valence-corrected chi connectivity index (χ3v) is 7.66. The van der Waals surface area contributed by atoms with Crippen LogP contribution in [0.2, 0.25) is 5.02 Å². The zero-order chi connectivity index (χ0) is 28.1. The van der Waals surface area contributed by atoms with Crippen LogP contribution in [0.15, 0.2) is 78.9 Å². The quantitative estimate of drug-likeness (QED) is 0.446. The summed E-state index contributed by atoms with van der Waals surface area (Å²) < 4.78 is 10.8. The molecule has 10 heteroatoms. The number of carbonyl (C=O) groups is 3. The zero-order valence-electron chi connectivity index (χ0n) is 22.2. The maximum Gasteiger partial charge on any atom is 0.260 e. The number of piperidine rings is 1. The molecule has 0 unspecified atom stereocenters. The standard InChI is InChI=1S/C30H31ClN4O5/c1-39-25-13-9-23(10-14-25)32-27(36)19-34-21-35(24-5-3-2-4-6-24)30(29(34)38)15-17-33(18-16-30)28(37)20-40-26-11-7-22(31)8-12-26/h2-14H,15-21H2,1H3,(H,32,36). The number of rotatable bonds is 8. The zero-order valence-corrected chi connectivity index (χ0v) is 23.0. The van der Waals surface area contributed by atoms with Gasteiger partial charge in [-0.2, -0.15) is 0 Å². The van der Waals surface area contributed by atoms with E-state index >= 15 is 0 Å². The first-order valence-electron chi connectivity index (χ1n) is 13.1. The third kappa shape index (κ3) is 5.84. The Morgan fingerprint density at radius 3 is 2.23 bits per heavy atom. The van der Waals surface area contributed by atoms with Gasteiger partial charge in [0.2, 0.25) is 5.91 Å². The Balaban J connectivity index is 1.25. The second-order valence-electron chi connectivity index (χ2n) is 9.84. The Bertz CT molecular complexity index is 1340. The second-order valence-corrected chi connectivity index (χ2v) is 10.3. The summed E-state index contributed by atoms with van der Waals surface area (Å²) in [6, 6.07) is 23.6. The number of amides is 3. The van der Waals surface area contributed by atoms with Crippen LogP contribution in [0.1, 0.15) is 12.8 Å². The highest BCUT2D eigenvalue weighted by atomic mass is 35.5. The van der Waals surface area contributed by atoms with Gasteiger partial charge in [-0.1, -0.05) is 29.8 Å². The van der Waals surface area contributed by atoms with E-state index in [2.05, 4.69) is 10.2 Å². The smallest absolute Gasteiger partial charge is 0.260 e. The lowest BCUT2D eigenvalue weighted by Crippen LogP contribution is -2.57. The minimum absolute atomic E-state index is 0.0759. The predicted molar refractivity (Wildman–Crippen MR) is 153 cm³/mol. The molecule has 0 saturated carbocycles. The molecular weight excluding hydrogens is 532 g/mol. The fraction of sp³-hybridized carbons (Fsp3) is 0.300. The van der Waals surface area contributed by atoms with Gasteiger partial charge in [-0.25, -0.2) is 0 Å². The van der Waals surface area contributed by atoms with Crippen molar-refractivity contribution in [3.8, 4) is 11.5 Å². The summed E-state index contributed by atoms with van der Waals surface area (Å²) in [6.45, 7) is 0.927. The van der Waals surface area contributed by atoms with Gasteiger partial charge in [0, 0.05) is 29.5 Å². The van der Waals surface area contributed by atoms with E-state index in [-0.39, 0.29) is 37.5 Å². The first kappa shape index (κ1) is 27.3. The molecule has 2 aliphatic heterocycles. The first-order valence-corrected chi connectivity index (χ1v) is 13.5. The van der Waals surface area contributed by atoms with Gasteiger partial charge in [-0.3, -0.25) is 14.4 Å². The topological polar surface area (TPSA) is 91.4 Å². The van der Waals surface area contributed by atoms with Crippen LogP contribution in [0.25, 0.3) is 0 Å². The third-order valence-electron chi connectivity index (χ3n) is 7.41. The van der Waals surface area contributed by atoms with Crippen molar-refractivity contribution in [1.29, 1.82) is 0 Å². The van der Waals surface area contributed by atoms with Crippen LogP contribution in [-0.4, -0.2) is 73.1 Å². The predicted octanol–water partition coefficient (Wildman–Crippen LogP) is 4.03. The molecule has 2 heterocycles. The summed E-state index contributed by atoms with van der Waals surface area (Å²) in [4.78, 5) is 45.1. The molecule has 5 rings (SSSR count). The van der Waals surface area contributed by atoms with Gasteiger partial charge in [-0.05, 0) is 73.5 Å². The van der Waals surface area contributed by atoms with Gasteiger partial charge in [0.25, 0.3) is 11.8 Å². The Hall–Kier alpha value is -4.24. The highest BCUT2D eigenvalue weighted by Gasteiger charge is 2.54. The number of nitrogens with one attached hydrogen (secondary N) is 1. The first-order chi connectivity index (χ1) is 19.4. The van der Waals surface area contributed by atoms with Crippen LogP contribution in [0.5, 0.6) is 11.5 Å². The highest BCUT2D eigenvalue weighted by Crippen LogP contribution is 2.39. The van der Waals surface area contributed by atoms with Gasteiger partial charge in [0.1, 0.15) is 23.6 Å². The number of carbonyl (C=O) groups excluding carboxylic acids is 3. The van der Waals surface area contributed by atoms with Gasteiger partial charge in [0.15, 0.2) is 6.61 Å². The van der Waals surface area contributed by atoms with E-state index in [1.807, 2.05) is 30.3 Å². The number of nitrogens with zero attached hydrogens (tertiary/aromatic N) is 3. The maximum atomic E-state index is 13.9. The molecule has 9 nitrogen and oxygen atoms in total. The van der Waals surface area contributed by atoms with E-state index < -0.39 is 5.54 Å². The molecule has 3 amide bonds. The molecule has 2 saturated heterocycles. The number of benzene rings is 3. The SMILES string of the molecule is COc1ccc(NC(=O)CN2CN(c3ccccc3)C3(CCN(C(=O)COc4ccc(Cl)cc4)CC3)C2=O)cc1. The average molecular weight is 563 g/mol. The summed E-state index contributed by atoms with van der Waals surface area (Å²) >= 11 is 5.92.